The first-order chi connectivity index (χ1) is 25.9. The molecule has 0 fully saturated rings. The third-order valence-corrected chi connectivity index (χ3v) is 9.57. The maximum atomic E-state index is 12.5. The SMILES string of the molecule is N#CC(C#N)=C(/C(=C/c1ccc(/C=C/c2ccc(N(CCOC(=O)c3ccccc3)CCOC(=O)c3ccccc3)cc2)s1)[SH](=O)=O)c1ccccc1. The number of nitrogens with zero attached hydrogens (tertiary/aromatic N) is 3. The summed E-state index contributed by atoms with van der Waals surface area (Å²) in [5, 5.41) is 19.2. The van der Waals surface area contributed by atoms with Gasteiger partial charge in [0.25, 0.3) is 0 Å². The molecule has 0 saturated heterocycles. The highest BCUT2D eigenvalue weighted by atomic mass is 32.2. The third-order valence-electron chi connectivity index (χ3n) is 7.82. The van der Waals surface area contributed by atoms with E-state index >= 15 is 0 Å². The Morgan fingerprint density at radius 3 is 1.62 bits per heavy atom. The number of nitriles is 2. The average Bonchev–Trinajstić information content (AvgIpc) is 3.66. The van der Waals surface area contributed by atoms with Crippen LogP contribution in [0.5, 0.6) is 0 Å². The van der Waals surface area contributed by atoms with Crippen molar-refractivity contribution >= 4 is 63.5 Å². The summed E-state index contributed by atoms with van der Waals surface area (Å²) in [6.45, 7) is 0.974. The Labute approximate surface area is 313 Å². The van der Waals surface area contributed by atoms with Gasteiger partial charge in [-0.3, -0.25) is 0 Å². The molecule has 0 atom stereocenters. The van der Waals surface area contributed by atoms with Gasteiger partial charge >= 0.3 is 11.9 Å². The normalized spacial score (nSPS) is 11.0. The Bertz CT molecular complexity index is 2200. The molecule has 0 amide bonds. The molecule has 0 spiro atoms. The van der Waals surface area contributed by atoms with E-state index in [1.54, 1.807) is 84.9 Å². The molecule has 0 aliphatic heterocycles. The Morgan fingerprint density at radius 2 is 1.13 bits per heavy atom. The van der Waals surface area contributed by atoms with Crippen molar-refractivity contribution in [2.24, 2.45) is 0 Å². The van der Waals surface area contributed by atoms with Gasteiger partial charge in [-0.05, 0) is 71.8 Å². The summed E-state index contributed by atoms with van der Waals surface area (Å²) in [7, 11) is -3.14. The van der Waals surface area contributed by atoms with Gasteiger partial charge in [0.15, 0.2) is 10.7 Å². The van der Waals surface area contributed by atoms with Crippen molar-refractivity contribution in [3.8, 4) is 12.1 Å². The van der Waals surface area contributed by atoms with Crippen LogP contribution in [0, 0.1) is 22.7 Å². The van der Waals surface area contributed by atoms with Crippen LogP contribution in [-0.4, -0.2) is 46.7 Å². The van der Waals surface area contributed by atoms with Crippen molar-refractivity contribution in [2.75, 3.05) is 31.2 Å². The highest BCUT2D eigenvalue weighted by Gasteiger charge is 2.18. The van der Waals surface area contributed by atoms with Crippen molar-refractivity contribution in [3.05, 3.63) is 170 Å². The lowest BCUT2D eigenvalue weighted by Crippen LogP contribution is -2.32. The largest absolute Gasteiger partial charge is 0.460 e. The molecule has 9 nitrogen and oxygen atoms in total. The van der Waals surface area contributed by atoms with Gasteiger partial charge in [-0.25, -0.2) is 18.0 Å². The molecule has 264 valence electrons. The van der Waals surface area contributed by atoms with Crippen LogP contribution in [0.3, 0.4) is 0 Å². The maximum Gasteiger partial charge on any atom is 0.338 e. The summed E-state index contributed by atoms with van der Waals surface area (Å²) in [4.78, 5) is 28.4. The lowest BCUT2D eigenvalue weighted by molar-refractivity contribution is 0.0504. The number of ether oxygens (including phenoxy) is 2. The van der Waals surface area contributed by atoms with Crippen LogP contribution >= 0.6 is 11.3 Å². The summed E-state index contributed by atoms with van der Waals surface area (Å²) in [6, 6.07) is 41.0. The fourth-order valence-corrected chi connectivity index (χ4v) is 6.82. The molecule has 1 heterocycles. The molecule has 0 aliphatic rings. The van der Waals surface area contributed by atoms with E-state index in [-0.39, 0.29) is 29.3 Å². The Kier molecular flexibility index (Phi) is 13.7. The Hall–Kier alpha value is -6.53. The van der Waals surface area contributed by atoms with Gasteiger partial charge in [-0.15, -0.1) is 11.3 Å². The number of esters is 2. The number of hydrogen-bond donors (Lipinski definition) is 1. The zero-order valence-corrected chi connectivity index (χ0v) is 30.0. The Balaban J connectivity index is 1.29. The number of anilines is 1. The van der Waals surface area contributed by atoms with E-state index in [9.17, 15) is 28.5 Å². The minimum atomic E-state index is -3.14. The van der Waals surface area contributed by atoms with Crippen LogP contribution in [0.15, 0.2) is 138 Å². The monoisotopic (exact) mass is 739 g/mol. The molecule has 0 saturated carbocycles. The number of carbonyl (C=O) groups excluding carboxylic acids is 2. The molecule has 5 rings (SSSR count). The predicted octanol–water partition coefficient (Wildman–Crippen LogP) is 7.89. The number of carbonyl (C=O) groups is 2. The van der Waals surface area contributed by atoms with E-state index < -0.39 is 22.6 Å². The molecule has 1 aromatic heterocycles. The van der Waals surface area contributed by atoms with Crippen LogP contribution in [0.1, 0.15) is 41.6 Å². The van der Waals surface area contributed by atoms with Crippen molar-refractivity contribution in [2.45, 2.75) is 0 Å². The maximum absolute atomic E-state index is 12.5. The quantitative estimate of drug-likeness (QED) is 0.0492. The van der Waals surface area contributed by atoms with E-state index in [1.165, 1.54) is 17.4 Å². The lowest BCUT2D eigenvalue weighted by atomic mass is 10.00. The van der Waals surface area contributed by atoms with Crippen LogP contribution in [-0.2, 0) is 20.2 Å². The number of thiol groups is 1. The predicted molar refractivity (Wildman–Crippen MR) is 208 cm³/mol. The highest BCUT2D eigenvalue weighted by Crippen LogP contribution is 2.31. The van der Waals surface area contributed by atoms with E-state index in [2.05, 4.69) is 0 Å². The number of rotatable bonds is 15. The molecule has 5 aromatic rings. The molecular formula is C42H33N3O6S2. The summed E-state index contributed by atoms with van der Waals surface area (Å²) >= 11 is 1.35. The van der Waals surface area contributed by atoms with Crippen LogP contribution in [0.25, 0.3) is 23.8 Å². The van der Waals surface area contributed by atoms with Crippen molar-refractivity contribution in [1.82, 2.24) is 0 Å². The second kappa shape index (κ2) is 19.2. The lowest BCUT2D eigenvalue weighted by Gasteiger charge is -2.24. The summed E-state index contributed by atoms with van der Waals surface area (Å²) in [5.41, 5.74) is 2.89. The van der Waals surface area contributed by atoms with E-state index in [1.807, 2.05) is 71.7 Å². The van der Waals surface area contributed by atoms with Gasteiger partial charge in [0.1, 0.15) is 30.9 Å². The standard InChI is InChI=1S/C42H33N3O6S2/c43-29-35(30-44)40(32-10-4-1-5-11-32)39(53(48)49)28-38-23-22-37(52-38)21-18-31-16-19-36(20-17-31)45(24-26-50-41(46)33-12-6-2-7-13-33)25-27-51-42(47)34-14-8-3-9-15-34/h1-23,28,53H,24-27H2/b21-18+,39-28-. The van der Waals surface area contributed by atoms with Gasteiger partial charge in [0.2, 0.25) is 0 Å². The van der Waals surface area contributed by atoms with Crippen molar-refractivity contribution in [3.63, 3.8) is 0 Å². The summed E-state index contributed by atoms with van der Waals surface area (Å²) in [5.74, 6) is -0.844. The van der Waals surface area contributed by atoms with Gasteiger partial charge in [0, 0.05) is 21.0 Å². The molecule has 0 radical (unpaired) electrons. The minimum Gasteiger partial charge on any atom is -0.460 e. The number of benzene rings is 4. The fourth-order valence-electron chi connectivity index (χ4n) is 5.21. The zero-order valence-electron chi connectivity index (χ0n) is 28.3. The number of thiophene rings is 1. The first kappa shape index (κ1) is 37.7. The first-order valence-corrected chi connectivity index (χ1v) is 18.4. The van der Waals surface area contributed by atoms with E-state index in [4.69, 9.17) is 9.47 Å². The number of hydrogen-bond acceptors (Lipinski definition) is 10. The summed E-state index contributed by atoms with van der Waals surface area (Å²) in [6.07, 6.45) is 5.30. The van der Waals surface area contributed by atoms with E-state index in [0.29, 0.717) is 34.7 Å². The smallest absolute Gasteiger partial charge is 0.338 e. The van der Waals surface area contributed by atoms with Crippen LogP contribution in [0.4, 0.5) is 5.69 Å². The second-order valence-corrected chi connectivity index (χ2v) is 13.4. The molecule has 0 aliphatic carbocycles. The molecule has 0 N–H and O–H groups in total. The first-order valence-electron chi connectivity index (χ1n) is 16.4. The fraction of sp³-hybridized carbons (Fsp3) is 0.0952. The topological polar surface area (TPSA) is 138 Å². The third kappa shape index (κ3) is 10.7. The van der Waals surface area contributed by atoms with Gasteiger partial charge in [-0.1, -0.05) is 84.9 Å². The van der Waals surface area contributed by atoms with Gasteiger partial charge in [0.05, 0.1) is 29.1 Å². The summed E-state index contributed by atoms with van der Waals surface area (Å²) < 4.78 is 35.8. The number of allylic oxidation sites excluding steroid dienone is 2. The van der Waals surface area contributed by atoms with Crippen molar-refractivity contribution in [1.29, 1.82) is 10.5 Å². The average molecular weight is 740 g/mol. The van der Waals surface area contributed by atoms with Crippen LogP contribution < -0.4 is 4.90 Å². The molecule has 11 heteroatoms. The van der Waals surface area contributed by atoms with Crippen molar-refractivity contribution < 1.29 is 27.5 Å². The molecule has 0 bridgehead atoms. The molecular weight excluding hydrogens is 707 g/mol. The van der Waals surface area contributed by atoms with Gasteiger partial charge in [-0.2, -0.15) is 10.5 Å². The molecule has 4 aromatic carbocycles. The van der Waals surface area contributed by atoms with Crippen LogP contribution in [0.2, 0.25) is 0 Å². The minimum absolute atomic E-state index is 0.0649. The van der Waals surface area contributed by atoms with Gasteiger partial charge < -0.3 is 14.4 Å². The second-order valence-electron chi connectivity index (χ2n) is 11.3. The highest BCUT2D eigenvalue weighted by molar-refractivity contribution is 7.77. The Morgan fingerprint density at radius 1 is 0.642 bits per heavy atom. The van der Waals surface area contributed by atoms with E-state index in [0.717, 1.165) is 16.1 Å². The molecule has 0 unspecified atom stereocenters. The molecule has 53 heavy (non-hydrogen) atoms. The zero-order chi connectivity index (χ0) is 37.4.